The second-order valence-corrected chi connectivity index (χ2v) is 4.28. The van der Waals surface area contributed by atoms with Gasteiger partial charge in [-0.15, -0.1) is 0 Å². The number of para-hydroxylation sites is 1. The zero-order valence-corrected chi connectivity index (χ0v) is 9.78. The fraction of sp³-hybridized carbons (Fsp3) is 0.133. The van der Waals surface area contributed by atoms with Crippen molar-refractivity contribution < 1.29 is 9.94 Å². The summed E-state index contributed by atoms with van der Waals surface area (Å²) in [5.74, 6) is 0.860. The fourth-order valence-corrected chi connectivity index (χ4v) is 2.22. The summed E-state index contributed by atoms with van der Waals surface area (Å²) in [4.78, 5) is 0. The molecule has 0 saturated heterocycles. The highest BCUT2D eigenvalue weighted by Crippen LogP contribution is 2.33. The molecule has 2 aromatic carbocycles. The molecule has 1 atom stereocenters. The third kappa shape index (κ3) is 1.84. The Morgan fingerprint density at radius 3 is 2.50 bits per heavy atom. The molecule has 0 aromatic heterocycles. The molecule has 0 amide bonds. The van der Waals surface area contributed by atoms with Crippen LogP contribution in [0.2, 0.25) is 0 Å². The molecule has 1 N–H and O–H groups in total. The van der Waals surface area contributed by atoms with Crippen LogP contribution in [0.5, 0.6) is 5.75 Å². The van der Waals surface area contributed by atoms with Crippen molar-refractivity contribution in [2.24, 2.45) is 5.16 Å². The molecule has 90 valence electrons. The van der Waals surface area contributed by atoms with Gasteiger partial charge in [0.25, 0.3) is 0 Å². The van der Waals surface area contributed by atoms with Crippen LogP contribution in [-0.4, -0.2) is 10.9 Å². The molecular formula is C15H13NO2. The van der Waals surface area contributed by atoms with E-state index >= 15 is 0 Å². The Bertz CT molecular complexity index is 578. The monoisotopic (exact) mass is 239 g/mol. The van der Waals surface area contributed by atoms with Crippen molar-refractivity contribution >= 4 is 5.71 Å². The topological polar surface area (TPSA) is 41.8 Å². The first kappa shape index (κ1) is 10.8. The molecule has 1 unspecified atom stereocenters. The van der Waals surface area contributed by atoms with E-state index in [1.54, 1.807) is 0 Å². The van der Waals surface area contributed by atoms with E-state index in [1.807, 2.05) is 54.6 Å². The van der Waals surface area contributed by atoms with Crippen LogP contribution >= 0.6 is 0 Å². The van der Waals surface area contributed by atoms with Gasteiger partial charge >= 0.3 is 0 Å². The summed E-state index contributed by atoms with van der Waals surface area (Å²) in [7, 11) is 0. The third-order valence-electron chi connectivity index (χ3n) is 3.12. The molecule has 0 saturated carbocycles. The first-order chi connectivity index (χ1) is 8.88. The van der Waals surface area contributed by atoms with E-state index in [9.17, 15) is 0 Å². The Balaban J connectivity index is 2.02. The SMILES string of the molecule is ON=C1Cc2ccccc2OC1c1ccccc1. The lowest BCUT2D eigenvalue weighted by Crippen LogP contribution is -2.26. The van der Waals surface area contributed by atoms with Crippen LogP contribution in [0.1, 0.15) is 17.2 Å². The summed E-state index contributed by atoms with van der Waals surface area (Å²) in [6.07, 6.45) is 0.317. The second-order valence-electron chi connectivity index (χ2n) is 4.28. The highest BCUT2D eigenvalue weighted by Gasteiger charge is 2.27. The van der Waals surface area contributed by atoms with Gasteiger partial charge in [0.05, 0.1) is 0 Å². The zero-order chi connectivity index (χ0) is 12.4. The van der Waals surface area contributed by atoms with E-state index < -0.39 is 0 Å². The smallest absolute Gasteiger partial charge is 0.165 e. The average molecular weight is 239 g/mol. The standard InChI is InChI=1S/C15H13NO2/c17-16-13-10-12-8-4-5-9-14(12)18-15(13)11-6-2-1-3-7-11/h1-9,15,17H,10H2. The summed E-state index contributed by atoms with van der Waals surface area (Å²) in [6, 6.07) is 17.6. The normalized spacial score (nSPS) is 20.2. The molecule has 0 radical (unpaired) electrons. The minimum absolute atomic E-state index is 0.300. The average Bonchev–Trinajstić information content (AvgIpc) is 2.46. The Morgan fingerprint density at radius 1 is 1.00 bits per heavy atom. The Morgan fingerprint density at radius 2 is 1.72 bits per heavy atom. The predicted molar refractivity (Wildman–Crippen MR) is 69.2 cm³/mol. The van der Waals surface area contributed by atoms with Crippen molar-refractivity contribution in [3.05, 3.63) is 65.7 Å². The van der Waals surface area contributed by atoms with E-state index in [2.05, 4.69) is 5.16 Å². The van der Waals surface area contributed by atoms with Gasteiger partial charge in [-0.2, -0.15) is 0 Å². The Kier molecular flexibility index (Phi) is 2.73. The Hall–Kier alpha value is -2.29. The van der Waals surface area contributed by atoms with Gasteiger partial charge < -0.3 is 9.94 Å². The molecule has 3 heteroatoms. The predicted octanol–water partition coefficient (Wildman–Crippen LogP) is 3.19. The van der Waals surface area contributed by atoms with Crippen LogP contribution in [0, 0.1) is 0 Å². The molecule has 0 bridgehead atoms. The lowest BCUT2D eigenvalue weighted by Gasteiger charge is -2.27. The minimum Gasteiger partial charge on any atom is -0.479 e. The largest absolute Gasteiger partial charge is 0.479 e. The number of hydrogen-bond donors (Lipinski definition) is 1. The van der Waals surface area contributed by atoms with Crippen LogP contribution < -0.4 is 4.74 Å². The summed E-state index contributed by atoms with van der Waals surface area (Å²) >= 11 is 0. The lowest BCUT2D eigenvalue weighted by molar-refractivity contribution is 0.244. The first-order valence-electron chi connectivity index (χ1n) is 5.89. The van der Waals surface area contributed by atoms with Gasteiger partial charge in [0.15, 0.2) is 6.10 Å². The van der Waals surface area contributed by atoms with E-state index in [4.69, 9.17) is 9.94 Å². The number of nitrogens with zero attached hydrogens (tertiary/aromatic N) is 1. The summed E-state index contributed by atoms with van der Waals surface area (Å²) in [5.41, 5.74) is 2.69. The molecule has 3 rings (SSSR count). The molecule has 1 aliphatic heterocycles. The fourth-order valence-electron chi connectivity index (χ4n) is 2.22. The first-order valence-corrected chi connectivity index (χ1v) is 5.89. The van der Waals surface area contributed by atoms with Crippen molar-refractivity contribution in [3.8, 4) is 5.75 Å². The van der Waals surface area contributed by atoms with Crippen molar-refractivity contribution in [1.82, 2.24) is 0 Å². The molecule has 0 aliphatic carbocycles. The number of oxime groups is 1. The number of fused-ring (bicyclic) bond motifs is 1. The van der Waals surface area contributed by atoms with Crippen molar-refractivity contribution in [2.45, 2.75) is 12.5 Å². The van der Waals surface area contributed by atoms with Crippen LogP contribution in [0.25, 0.3) is 0 Å². The van der Waals surface area contributed by atoms with Crippen LogP contribution in [-0.2, 0) is 6.42 Å². The van der Waals surface area contributed by atoms with Gasteiger partial charge in [0.2, 0.25) is 0 Å². The van der Waals surface area contributed by atoms with Gasteiger partial charge in [0.1, 0.15) is 11.5 Å². The third-order valence-corrected chi connectivity index (χ3v) is 3.12. The molecule has 0 spiro atoms. The Labute approximate surface area is 105 Å². The van der Waals surface area contributed by atoms with Gasteiger partial charge in [-0.3, -0.25) is 0 Å². The minimum atomic E-state index is -0.300. The van der Waals surface area contributed by atoms with E-state index in [1.165, 1.54) is 0 Å². The van der Waals surface area contributed by atoms with Gasteiger partial charge in [-0.05, 0) is 11.6 Å². The van der Waals surface area contributed by atoms with Gasteiger partial charge in [-0.1, -0.05) is 53.7 Å². The quantitative estimate of drug-likeness (QED) is 0.613. The molecule has 18 heavy (non-hydrogen) atoms. The molecule has 0 fully saturated rings. The molecule has 1 aliphatic rings. The van der Waals surface area contributed by atoms with Crippen LogP contribution in [0.15, 0.2) is 59.8 Å². The van der Waals surface area contributed by atoms with Gasteiger partial charge in [-0.25, -0.2) is 0 Å². The van der Waals surface area contributed by atoms with Gasteiger partial charge in [0, 0.05) is 12.0 Å². The van der Waals surface area contributed by atoms with E-state index in [0.29, 0.717) is 12.1 Å². The van der Waals surface area contributed by atoms with Crippen LogP contribution in [0.3, 0.4) is 0 Å². The number of hydrogen-bond acceptors (Lipinski definition) is 3. The number of rotatable bonds is 1. The van der Waals surface area contributed by atoms with E-state index in [0.717, 1.165) is 16.9 Å². The maximum absolute atomic E-state index is 9.16. The maximum atomic E-state index is 9.16. The lowest BCUT2D eigenvalue weighted by atomic mass is 9.95. The molecule has 3 nitrogen and oxygen atoms in total. The second kappa shape index (κ2) is 4.53. The number of ether oxygens (including phenoxy) is 1. The summed E-state index contributed by atoms with van der Waals surface area (Å²) < 4.78 is 5.93. The highest BCUT2D eigenvalue weighted by molar-refractivity contribution is 5.93. The van der Waals surface area contributed by atoms with Crippen molar-refractivity contribution in [2.75, 3.05) is 0 Å². The molecular weight excluding hydrogens is 226 g/mol. The number of benzene rings is 2. The maximum Gasteiger partial charge on any atom is 0.165 e. The van der Waals surface area contributed by atoms with E-state index in [-0.39, 0.29) is 6.10 Å². The summed E-state index contributed by atoms with van der Waals surface area (Å²) in [6.45, 7) is 0. The van der Waals surface area contributed by atoms with Crippen molar-refractivity contribution in [3.63, 3.8) is 0 Å². The highest BCUT2D eigenvalue weighted by atomic mass is 16.5. The zero-order valence-electron chi connectivity index (χ0n) is 9.78. The van der Waals surface area contributed by atoms with Crippen molar-refractivity contribution in [1.29, 1.82) is 0 Å². The molecule has 1 heterocycles. The van der Waals surface area contributed by atoms with Crippen LogP contribution in [0.4, 0.5) is 0 Å². The summed E-state index contributed by atoms with van der Waals surface area (Å²) in [5, 5.41) is 12.6. The molecule has 2 aromatic rings.